The van der Waals surface area contributed by atoms with Crippen molar-refractivity contribution in [1.29, 1.82) is 0 Å². The number of para-hydroxylation sites is 2. The number of benzene rings is 15. The van der Waals surface area contributed by atoms with E-state index < -0.39 is 0 Å². The van der Waals surface area contributed by atoms with Crippen LogP contribution in [-0.4, -0.2) is 11.3 Å². The molecule has 0 saturated carbocycles. The van der Waals surface area contributed by atoms with Gasteiger partial charge < -0.3 is 14.4 Å². The lowest BCUT2D eigenvalue weighted by Crippen LogP contribution is -2.61. The predicted molar refractivity (Wildman–Crippen MR) is 471 cm³/mol. The predicted octanol–water partition coefficient (Wildman–Crippen LogP) is 27.0. The molecule has 0 radical (unpaired) electrons. The molecule has 110 heavy (non-hydrogen) atoms. The third kappa shape index (κ3) is 11.0. The Labute approximate surface area is 647 Å². The van der Waals surface area contributed by atoms with Gasteiger partial charge in [0.05, 0.1) is 11.0 Å². The van der Waals surface area contributed by atoms with Gasteiger partial charge in [-0.05, 0) is 235 Å². The highest BCUT2D eigenvalue weighted by molar-refractivity contribution is 7.00. The van der Waals surface area contributed by atoms with Gasteiger partial charge in [0.1, 0.15) is 0 Å². The topological polar surface area (TPSA) is 11.4 Å². The minimum Gasteiger partial charge on any atom is -0.311 e. The molecule has 2 aliphatic heterocycles. The maximum absolute atomic E-state index is 2.66. The van der Waals surface area contributed by atoms with Gasteiger partial charge in [-0.25, -0.2) is 0 Å². The first-order valence-electron chi connectivity index (χ1n) is 39.2. The molecule has 0 spiro atoms. The maximum Gasteiger partial charge on any atom is 0.252 e. The summed E-state index contributed by atoms with van der Waals surface area (Å²) in [6.07, 6.45) is 7.05. The van der Waals surface area contributed by atoms with Gasteiger partial charge in [0.25, 0.3) is 6.71 Å². The first-order valence-corrected chi connectivity index (χ1v) is 39.2. The average molecular weight is 1410 g/mol. The molecule has 4 aliphatic rings. The first-order chi connectivity index (χ1) is 53.5. The van der Waals surface area contributed by atoms with Crippen molar-refractivity contribution in [2.24, 2.45) is 10.8 Å². The highest BCUT2D eigenvalue weighted by Gasteiger charge is 2.45. The number of nitrogens with zero attached hydrogens (tertiary/aromatic N) is 3. The van der Waals surface area contributed by atoms with Crippen LogP contribution in [0, 0.1) is 10.8 Å². The average Bonchev–Trinajstić information content (AvgIpc) is 0.742. The summed E-state index contributed by atoms with van der Waals surface area (Å²) in [4.78, 5) is 5.29. The molecule has 0 unspecified atom stereocenters. The Morgan fingerprint density at radius 2 is 0.691 bits per heavy atom. The number of hydrogen-bond acceptors (Lipinski definition) is 2. The van der Waals surface area contributed by atoms with Crippen LogP contribution in [-0.2, 0) is 18.3 Å². The second kappa shape index (κ2) is 25.6. The Hall–Kier alpha value is -12.5. The second-order valence-corrected chi connectivity index (χ2v) is 33.9. The fraction of sp³-hybridized carbons (Fsp3) is 0.132. The van der Waals surface area contributed by atoms with Crippen molar-refractivity contribution in [3.63, 3.8) is 0 Å². The van der Waals surface area contributed by atoms with Crippen molar-refractivity contribution in [1.82, 2.24) is 4.57 Å². The summed E-state index contributed by atoms with van der Waals surface area (Å²) >= 11 is 0. The summed E-state index contributed by atoms with van der Waals surface area (Å²) in [7, 11) is 0. The van der Waals surface area contributed by atoms with Gasteiger partial charge in [0, 0.05) is 50.6 Å². The monoisotopic (exact) mass is 1410 g/mol. The molecule has 3 nitrogen and oxygen atoms in total. The molecule has 15 aromatic carbocycles. The lowest BCUT2D eigenvalue weighted by molar-refractivity contribution is 0.494. The number of rotatable bonds is 10. The number of allylic oxidation sites excluding steroid dienone is 2. The molecular formula is C106H86BN3. The van der Waals surface area contributed by atoms with E-state index in [0.717, 1.165) is 46.7 Å². The Bertz CT molecular complexity index is 6310. The Kier molecular flexibility index (Phi) is 15.6. The molecule has 4 heteroatoms. The van der Waals surface area contributed by atoms with E-state index in [1.54, 1.807) is 0 Å². The summed E-state index contributed by atoms with van der Waals surface area (Å²) in [6.45, 7) is 21.3. The summed E-state index contributed by atoms with van der Waals surface area (Å²) in [5, 5.41) is 5.32. The second-order valence-electron chi connectivity index (χ2n) is 33.9. The van der Waals surface area contributed by atoms with Crippen LogP contribution >= 0.6 is 0 Å². The molecule has 3 heterocycles. The molecule has 528 valence electrons. The first kappa shape index (κ1) is 66.9. The molecule has 0 saturated heterocycles. The van der Waals surface area contributed by atoms with Crippen LogP contribution in [0.5, 0.6) is 0 Å². The zero-order chi connectivity index (χ0) is 74.5. The van der Waals surface area contributed by atoms with E-state index in [0.29, 0.717) is 0 Å². The lowest BCUT2D eigenvalue weighted by atomic mass is 9.33. The minimum atomic E-state index is -0.272. The molecule has 2 aliphatic carbocycles. The smallest absolute Gasteiger partial charge is 0.252 e. The minimum absolute atomic E-state index is 0.00550. The van der Waals surface area contributed by atoms with E-state index in [9.17, 15) is 0 Å². The van der Waals surface area contributed by atoms with Gasteiger partial charge in [0.15, 0.2) is 0 Å². The summed E-state index contributed by atoms with van der Waals surface area (Å²) in [5.41, 5.74) is 40.4. The molecule has 16 aromatic rings. The lowest BCUT2D eigenvalue weighted by Gasteiger charge is -2.45. The fourth-order valence-electron chi connectivity index (χ4n) is 18.6. The van der Waals surface area contributed by atoms with Crippen LogP contribution in [0.25, 0.3) is 128 Å². The third-order valence-electron chi connectivity index (χ3n) is 24.2. The van der Waals surface area contributed by atoms with E-state index in [1.807, 2.05) is 0 Å². The van der Waals surface area contributed by atoms with E-state index in [-0.39, 0.29) is 23.0 Å². The van der Waals surface area contributed by atoms with E-state index in [1.165, 1.54) is 172 Å². The molecule has 0 amide bonds. The van der Waals surface area contributed by atoms with Gasteiger partial charge in [-0.1, -0.05) is 334 Å². The van der Waals surface area contributed by atoms with Gasteiger partial charge in [-0.3, -0.25) is 0 Å². The van der Waals surface area contributed by atoms with E-state index in [2.05, 4.69) is 410 Å². The number of fused-ring (bicyclic) bond motifs is 7. The van der Waals surface area contributed by atoms with Crippen molar-refractivity contribution in [2.45, 2.75) is 80.6 Å². The maximum atomic E-state index is 2.66. The van der Waals surface area contributed by atoms with Gasteiger partial charge in [0.2, 0.25) is 0 Å². The van der Waals surface area contributed by atoms with Crippen LogP contribution in [0.1, 0.15) is 90.1 Å². The quantitative estimate of drug-likeness (QED) is 0.126. The van der Waals surface area contributed by atoms with Crippen molar-refractivity contribution in [2.75, 3.05) is 9.80 Å². The van der Waals surface area contributed by atoms with Gasteiger partial charge >= 0.3 is 0 Å². The molecule has 0 bridgehead atoms. The summed E-state index contributed by atoms with van der Waals surface area (Å²) in [5.74, 6) is 0. The van der Waals surface area contributed by atoms with Crippen LogP contribution < -0.4 is 26.2 Å². The number of anilines is 6. The standard InChI is InChI=1S/C106H86BN3/c1-104(2,3)77-58-74-44-45-75-59-78(105(4,5)6)63-90-89(61-76(60-77)99(74)102(75)90)73-50-56-91-95(62-73)108(80-51-46-71(47-52-80)100-83(67-28-14-10-15-29-67)38-26-39-84(100)68-30-16-11-17-31-68)97-64-79(106(7,8)9)65-98-103(97)107(91)92-57-55-82(110-93-42-24-22-36-87(93)88-37-23-25-43-94(88)110)66-96(92)109(98)81-53-48-72(49-54-81)101-85(69-32-18-12-19-33-69)40-27-41-86(101)70-34-20-13-21-35-70/h10-57,60-66H,58-59H2,1-9H3. The van der Waals surface area contributed by atoms with E-state index in [4.69, 9.17) is 0 Å². The molecule has 1 aromatic heterocycles. The van der Waals surface area contributed by atoms with Crippen molar-refractivity contribution >= 4 is 102 Å². The Morgan fingerprint density at radius 3 is 1.15 bits per heavy atom. The van der Waals surface area contributed by atoms with E-state index >= 15 is 0 Å². The van der Waals surface area contributed by atoms with Crippen molar-refractivity contribution in [3.8, 4) is 83.6 Å². The normalized spacial score (nSPS) is 13.7. The zero-order valence-electron chi connectivity index (χ0n) is 64.1. The Morgan fingerprint density at radius 1 is 0.291 bits per heavy atom. The summed E-state index contributed by atoms with van der Waals surface area (Å²) < 4.78 is 2.49. The molecule has 0 atom stereocenters. The molecule has 0 fully saturated rings. The summed E-state index contributed by atoms with van der Waals surface area (Å²) in [6, 6.07) is 122. The number of hydrogen-bond donors (Lipinski definition) is 0. The zero-order valence-corrected chi connectivity index (χ0v) is 64.1. The fourth-order valence-corrected chi connectivity index (χ4v) is 18.6. The number of aromatic nitrogens is 1. The van der Waals surface area contributed by atoms with Gasteiger partial charge in [-0.2, -0.15) is 0 Å². The van der Waals surface area contributed by atoms with Crippen LogP contribution in [0.15, 0.2) is 333 Å². The van der Waals surface area contributed by atoms with Crippen LogP contribution in [0.4, 0.5) is 34.1 Å². The largest absolute Gasteiger partial charge is 0.311 e. The molecule has 0 N–H and O–H groups in total. The van der Waals surface area contributed by atoms with Crippen molar-refractivity contribution < 1.29 is 0 Å². The van der Waals surface area contributed by atoms with Gasteiger partial charge in [-0.15, -0.1) is 0 Å². The highest BCUT2D eigenvalue weighted by Crippen LogP contribution is 2.53. The highest BCUT2D eigenvalue weighted by atomic mass is 15.2. The SMILES string of the molecule is CC(C)(C)C1=Cc2cc(-c3ccc4c(c3)N(c3ccc(-c5c(-c6ccccc6)cccc5-c5ccccc5)cc3)c3cc(C(C)(C)C)cc5c3B4c3ccc(-n4c6ccccc6c6ccccc64)cc3N5c3ccc(-c4c(-c5ccccc5)cccc4-c4ccccc4)cc3)c3c4c(ccc(c24)C1)CC(C(C)(C)C)=C3. The third-order valence-corrected chi connectivity index (χ3v) is 24.2. The van der Waals surface area contributed by atoms with Crippen LogP contribution in [0.3, 0.4) is 0 Å². The molecule has 20 rings (SSSR count). The Balaban J connectivity index is 0.859. The molecular weight excluding hydrogens is 1330 g/mol. The van der Waals surface area contributed by atoms with Crippen LogP contribution in [0.2, 0.25) is 0 Å². The van der Waals surface area contributed by atoms with Crippen molar-refractivity contribution in [3.05, 3.63) is 360 Å².